The summed E-state index contributed by atoms with van der Waals surface area (Å²) in [5.41, 5.74) is 10.2. The fraction of sp³-hybridized carbons (Fsp3) is 0.0222. The lowest BCUT2D eigenvalue weighted by Crippen LogP contribution is -2.10. The summed E-state index contributed by atoms with van der Waals surface area (Å²) < 4.78 is 6.67. The van der Waals surface area contributed by atoms with Gasteiger partial charge in [-0.1, -0.05) is 109 Å². The second-order valence-electron chi connectivity index (χ2n) is 12.6. The third-order valence-electron chi connectivity index (χ3n) is 9.95. The van der Waals surface area contributed by atoms with E-state index in [0.29, 0.717) is 0 Å². The van der Waals surface area contributed by atoms with Gasteiger partial charge in [0.05, 0.1) is 11.1 Å². The molecule has 1 unspecified atom stereocenters. The molecule has 0 bridgehead atoms. The molecule has 0 radical (unpaired) electrons. The Balaban J connectivity index is 1.19. The van der Waals surface area contributed by atoms with Gasteiger partial charge in [-0.25, -0.2) is 10.9 Å². The number of hydrogen-bond donors (Lipinski definition) is 1. The fourth-order valence-corrected chi connectivity index (χ4v) is 9.95. The SMILES string of the molecule is C[SH]1c2ccc3oc4cccc(N(c5ccccc5)c5ccc(-c6ccc7ccccc7c6)cc5)c4c3c2-c2ccc3ccccc3c21. The lowest BCUT2D eigenvalue weighted by Gasteiger charge is -2.26. The Morgan fingerprint density at radius 2 is 1.19 bits per heavy atom. The highest BCUT2D eigenvalue weighted by atomic mass is 32.2. The fourth-order valence-electron chi connectivity index (χ4n) is 7.73. The molecule has 0 amide bonds. The van der Waals surface area contributed by atoms with E-state index < -0.39 is 10.9 Å². The van der Waals surface area contributed by atoms with Crippen LogP contribution < -0.4 is 4.90 Å². The molecule has 2 heterocycles. The van der Waals surface area contributed by atoms with Crippen LogP contribution in [0.25, 0.3) is 65.7 Å². The van der Waals surface area contributed by atoms with Crippen molar-refractivity contribution in [3.8, 4) is 22.3 Å². The van der Waals surface area contributed by atoms with Crippen molar-refractivity contribution in [3.05, 3.63) is 164 Å². The molecule has 2 nitrogen and oxygen atoms in total. The minimum atomic E-state index is -0.511. The second-order valence-corrected chi connectivity index (χ2v) is 14.7. The van der Waals surface area contributed by atoms with Gasteiger partial charge in [0.25, 0.3) is 0 Å². The van der Waals surface area contributed by atoms with Gasteiger partial charge < -0.3 is 9.32 Å². The van der Waals surface area contributed by atoms with E-state index in [9.17, 15) is 0 Å². The summed E-state index contributed by atoms with van der Waals surface area (Å²) in [6.45, 7) is 0. The van der Waals surface area contributed by atoms with E-state index in [2.05, 4.69) is 175 Å². The molecule has 1 aliphatic heterocycles. The Morgan fingerprint density at radius 3 is 2.04 bits per heavy atom. The minimum absolute atomic E-state index is 0.511. The van der Waals surface area contributed by atoms with Crippen LogP contribution in [0.15, 0.2) is 178 Å². The molecule has 0 saturated carbocycles. The molecule has 1 aromatic heterocycles. The summed E-state index contributed by atoms with van der Waals surface area (Å²) in [5, 5.41) is 7.52. The normalized spacial score (nSPS) is 14.5. The second kappa shape index (κ2) is 10.6. The Morgan fingerprint density at radius 1 is 0.500 bits per heavy atom. The lowest BCUT2D eigenvalue weighted by atomic mass is 9.96. The van der Waals surface area contributed by atoms with E-state index in [1.165, 1.54) is 59.0 Å². The van der Waals surface area contributed by atoms with Gasteiger partial charge in [-0.3, -0.25) is 0 Å². The first-order chi connectivity index (χ1) is 23.7. The van der Waals surface area contributed by atoms with E-state index >= 15 is 0 Å². The number of furan rings is 1. The average molecular weight is 634 g/mol. The first-order valence-corrected chi connectivity index (χ1v) is 18.2. The van der Waals surface area contributed by atoms with Crippen molar-refractivity contribution in [2.75, 3.05) is 11.2 Å². The minimum Gasteiger partial charge on any atom is -0.456 e. The van der Waals surface area contributed by atoms with Crippen LogP contribution in [0.2, 0.25) is 0 Å². The molecular weight excluding hydrogens is 603 g/mol. The molecule has 0 spiro atoms. The van der Waals surface area contributed by atoms with Crippen LogP contribution >= 0.6 is 10.9 Å². The number of fused-ring (bicyclic) bond motifs is 10. The molecule has 0 saturated heterocycles. The molecule has 228 valence electrons. The standard InChI is InChI=1S/C45H31NOS/c1-48-41-27-26-40-44(42(41)37-25-22-31-11-7-8-15-36(31)45(37)48)43-38(16-9-17-39(43)47-40)46(34-13-3-2-4-14-34)35-23-20-30(21-24-35)33-19-18-29-10-5-6-12-32(29)28-33/h2-28,48H,1H3. The molecule has 48 heavy (non-hydrogen) atoms. The maximum absolute atomic E-state index is 6.67. The summed E-state index contributed by atoms with van der Waals surface area (Å²) in [5.74, 6) is 0. The molecule has 8 aromatic carbocycles. The third-order valence-corrected chi connectivity index (χ3v) is 12.2. The predicted molar refractivity (Wildman–Crippen MR) is 206 cm³/mol. The number of para-hydroxylation sites is 1. The Kier molecular flexibility index (Phi) is 6.06. The van der Waals surface area contributed by atoms with Gasteiger partial charge in [0.15, 0.2) is 0 Å². The monoisotopic (exact) mass is 633 g/mol. The molecule has 1 aliphatic rings. The molecule has 0 N–H and O–H groups in total. The van der Waals surface area contributed by atoms with Crippen LogP contribution in [0.4, 0.5) is 17.1 Å². The molecule has 9 aromatic rings. The molecule has 3 heteroatoms. The predicted octanol–water partition coefficient (Wildman–Crippen LogP) is 13.1. The maximum atomic E-state index is 6.67. The summed E-state index contributed by atoms with van der Waals surface area (Å²) in [6, 6.07) is 59.3. The van der Waals surface area contributed by atoms with Gasteiger partial charge >= 0.3 is 0 Å². The lowest BCUT2D eigenvalue weighted by molar-refractivity contribution is 0.669. The first-order valence-electron chi connectivity index (χ1n) is 16.4. The van der Waals surface area contributed by atoms with Crippen molar-refractivity contribution in [2.24, 2.45) is 0 Å². The number of thiol groups is 1. The average Bonchev–Trinajstić information content (AvgIpc) is 3.67. The van der Waals surface area contributed by atoms with E-state index in [4.69, 9.17) is 4.42 Å². The number of benzene rings is 8. The molecule has 0 fully saturated rings. The third kappa shape index (κ3) is 4.08. The Labute approximate surface area is 281 Å². The molecule has 1 atom stereocenters. The summed E-state index contributed by atoms with van der Waals surface area (Å²) in [4.78, 5) is 5.28. The van der Waals surface area contributed by atoms with Crippen LogP contribution in [0, 0.1) is 0 Å². The van der Waals surface area contributed by atoms with Crippen LogP contribution in [0.3, 0.4) is 0 Å². The van der Waals surface area contributed by atoms with Crippen molar-refractivity contribution >= 4 is 71.4 Å². The summed E-state index contributed by atoms with van der Waals surface area (Å²) in [7, 11) is -0.511. The Bertz CT molecular complexity index is 2690. The van der Waals surface area contributed by atoms with Crippen LogP contribution in [0.5, 0.6) is 0 Å². The van der Waals surface area contributed by atoms with Crippen molar-refractivity contribution < 1.29 is 4.42 Å². The van der Waals surface area contributed by atoms with Gasteiger partial charge in [-0.15, -0.1) is 0 Å². The number of nitrogens with zero attached hydrogens (tertiary/aromatic N) is 1. The quantitative estimate of drug-likeness (QED) is 0.194. The van der Waals surface area contributed by atoms with Crippen LogP contribution in [-0.2, 0) is 0 Å². The van der Waals surface area contributed by atoms with Crippen LogP contribution in [0.1, 0.15) is 0 Å². The first kappa shape index (κ1) is 27.4. The zero-order chi connectivity index (χ0) is 31.8. The van der Waals surface area contributed by atoms with Gasteiger partial charge in [-0.05, 0) is 99.1 Å². The molecule has 10 rings (SSSR count). The van der Waals surface area contributed by atoms with Crippen molar-refractivity contribution in [1.29, 1.82) is 0 Å². The van der Waals surface area contributed by atoms with Crippen molar-refractivity contribution in [1.82, 2.24) is 0 Å². The van der Waals surface area contributed by atoms with E-state index in [1.54, 1.807) is 0 Å². The summed E-state index contributed by atoms with van der Waals surface area (Å²) >= 11 is 0. The number of anilines is 3. The van der Waals surface area contributed by atoms with E-state index in [-0.39, 0.29) is 0 Å². The smallest absolute Gasteiger partial charge is 0.137 e. The number of hydrogen-bond acceptors (Lipinski definition) is 2. The van der Waals surface area contributed by atoms with Gasteiger partial charge in [-0.2, -0.15) is 0 Å². The van der Waals surface area contributed by atoms with Gasteiger partial charge in [0.1, 0.15) is 11.2 Å². The highest BCUT2D eigenvalue weighted by Gasteiger charge is 2.30. The topological polar surface area (TPSA) is 16.4 Å². The van der Waals surface area contributed by atoms with Gasteiger partial charge in [0.2, 0.25) is 0 Å². The van der Waals surface area contributed by atoms with Crippen molar-refractivity contribution in [3.63, 3.8) is 0 Å². The summed E-state index contributed by atoms with van der Waals surface area (Å²) in [6.07, 6.45) is 2.41. The maximum Gasteiger partial charge on any atom is 0.137 e. The Hall–Kier alpha value is -5.77. The zero-order valence-corrected chi connectivity index (χ0v) is 27.3. The van der Waals surface area contributed by atoms with Crippen molar-refractivity contribution in [2.45, 2.75) is 9.79 Å². The molecule has 0 aliphatic carbocycles. The highest BCUT2D eigenvalue weighted by Crippen LogP contribution is 2.61. The molecular formula is C45H31NOS. The van der Waals surface area contributed by atoms with E-state index in [0.717, 1.165) is 33.6 Å². The van der Waals surface area contributed by atoms with E-state index in [1.807, 2.05) is 0 Å². The van der Waals surface area contributed by atoms with Crippen LogP contribution in [-0.4, -0.2) is 6.26 Å². The largest absolute Gasteiger partial charge is 0.456 e. The zero-order valence-electron chi connectivity index (χ0n) is 26.4. The van der Waals surface area contributed by atoms with Gasteiger partial charge in [0, 0.05) is 32.1 Å². The highest BCUT2D eigenvalue weighted by molar-refractivity contribution is 8.17. The number of rotatable bonds is 4.